The van der Waals surface area contributed by atoms with Gasteiger partial charge >= 0.3 is 0 Å². The normalized spacial score (nSPS) is 19.4. The van der Waals surface area contributed by atoms with Crippen LogP contribution in [0, 0.1) is 28.0 Å². The maximum Gasteiger partial charge on any atom is 0.166 e. The quantitative estimate of drug-likeness (QED) is 0.452. The van der Waals surface area contributed by atoms with Crippen LogP contribution in [0.5, 0.6) is 5.75 Å². The summed E-state index contributed by atoms with van der Waals surface area (Å²) in [7, 11) is 1.70. The van der Waals surface area contributed by atoms with Gasteiger partial charge in [0.05, 0.1) is 5.71 Å². The standard InChI is InChI=1S/C24H26FN7O/c1-4-31-23-15-8-21(24(29)32-12-15)33-13(2)18-9-16(25)5-6-17(18)22(28)14(11-30-3)7-19(23)20(27)10-26/h5-6,8-9,11-13,27-28,30-31H,4,7H2,1-3H3,(H2,29,32)/b14-11-,23-19-,27-20?,28-22?/t13-/m1/s1. The van der Waals surface area contributed by atoms with Crippen LogP contribution in [0.2, 0.25) is 0 Å². The van der Waals surface area contributed by atoms with Crippen LogP contribution >= 0.6 is 0 Å². The molecular formula is C24H26FN7O. The van der Waals surface area contributed by atoms with Crippen molar-refractivity contribution in [1.82, 2.24) is 15.6 Å². The van der Waals surface area contributed by atoms with Crippen LogP contribution in [-0.4, -0.2) is 30.0 Å². The fourth-order valence-electron chi connectivity index (χ4n) is 3.72. The van der Waals surface area contributed by atoms with E-state index in [4.69, 9.17) is 21.3 Å². The van der Waals surface area contributed by atoms with Gasteiger partial charge in [0.25, 0.3) is 0 Å². The fourth-order valence-corrected chi connectivity index (χ4v) is 3.72. The molecule has 0 radical (unpaired) electrons. The third kappa shape index (κ3) is 4.85. The van der Waals surface area contributed by atoms with Gasteiger partial charge < -0.3 is 21.1 Å². The molecule has 0 aliphatic carbocycles. The predicted molar refractivity (Wildman–Crippen MR) is 127 cm³/mol. The minimum atomic E-state index is -0.630. The minimum absolute atomic E-state index is 0.111. The smallest absolute Gasteiger partial charge is 0.166 e. The average Bonchev–Trinajstić information content (AvgIpc) is 2.80. The number of hydrogen-bond acceptors (Lipinski definition) is 8. The lowest BCUT2D eigenvalue weighted by Crippen LogP contribution is -2.21. The molecule has 0 unspecified atom stereocenters. The van der Waals surface area contributed by atoms with Crippen molar-refractivity contribution in [2.24, 2.45) is 0 Å². The molecule has 2 heterocycles. The number of nitriles is 1. The molecule has 6 N–H and O–H groups in total. The van der Waals surface area contributed by atoms with Crippen LogP contribution in [0.15, 0.2) is 47.8 Å². The highest BCUT2D eigenvalue weighted by Crippen LogP contribution is 2.34. The number of pyridine rings is 1. The van der Waals surface area contributed by atoms with Crippen molar-refractivity contribution >= 4 is 22.9 Å². The summed E-state index contributed by atoms with van der Waals surface area (Å²) in [6, 6.07) is 7.75. The third-order valence-corrected chi connectivity index (χ3v) is 5.27. The predicted octanol–water partition coefficient (Wildman–Crippen LogP) is 3.68. The fraction of sp³-hybridized carbons (Fsp3) is 0.250. The highest BCUT2D eigenvalue weighted by Gasteiger charge is 2.24. The Kier molecular flexibility index (Phi) is 7.08. The lowest BCUT2D eigenvalue weighted by molar-refractivity contribution is 0.227. The number of fused-ring (bicyclic) bond motifs is 3. The van der Waals surface area contributed by atoms with Crippen molar-refractivity contribution in [3.63, 3.8) is 0 Å². The number of anilines is 1. The first kappa shape index (κ1) is 23.5. The Labute approximate surface area is 192 Å². The molecule has 1 aliphatic rings. The summed E-state index contributed by atoms with van der Waals surface area (Å²) < 4.78 is 20.3. The lowest BCUT2D eigenvalue weighted by Gasteiger charge is -2.24. The number of allylic oxidation sites excluding steroid dienone is 2. The summed E-state index contributed by atoms with van der Waals surface area (Å²) in [6.07, 6.45) is 2.67. The Morgan fingerprint density at radius 1 is 1.42 bits per heavy atom. The van der Waals surface area contributed by atoms with E-state index >= 15 is 0 Å². The minimum Gasteiger partial charge on any atom is -0.482 e. The van der Waals surface area contributed by atoms with Crippen LogP contribution in [0.4, 0.5) is 10.2 Å². The van der Waals surface area contributed by atoms with Crippen LogP contribution in [-0.2, 0) is 0 Å². The van der Waals surface area contributed by atoms with Gasteiger partial charge in [0.1, 0.15) is 23.7 Å². The van der Waals surface area contributed by atoms with Gasteiger partial charge in [0.2, 0.25) is 0 Å². The molecule has 0 amide bonds. The van der Waals surface area contributed by atoms with E-state index < -0.39 is 11.9 Å². The molecule has 33 heavy (non-hydrogen) atoms. The van der Waals surface area contributed by atoms with E-state index in [9.17, 15) is 9.65 Å². The van der Waals surface area contributed by atoms with Crippen LogP contribution < -0.4 is 21.1 Å². The van der Waals surface area contributed by atoms with Crippen molar-refractivity contribution in [2.45, 2.75) is 26.4 Å². The van der Waals surface area contributed by atoms with Crippen LogP contribution in [0.3, 0.4) is 0 Å². The summed E-state index contributed by atoms with van der Waals surface area (Å²) >= 11 is 0. The van der Waals surface area contributed by atoms with Gasteiger partial charge in [0.15, 0.2) is 11.6 Å². The number of nitrogen functional groups attached to an aromatic ring is 1. The number of nitrogens with zero attached hydrogens (tertiary/aromatic N) is 2. The molecule has 0 spiro atoms. The summed E-state index contributed by atoms with van der Waals surface area (Å²) in [6.45, 7) is 4.18. The molecule has 0 saturated carbocycles. The van der Waals surface area contributed by atoms with E-state index in [0.29, 0.717) is 40.1 Å². The monoisotopic (exact) mass is 447 g/mol. The Bertz CT molecular complexity index is 1210. The second-order valence-electron chi connectivity index (χ2n) is 7.48. The maximum atomic E-state index is 14.2. The maximum absolute atomic E-state index is 14.2. The number of aromatic nitrogens is 1. The van der Waals surface area contributed by atoms with Crippen LogP contribution in [0.1, 0.15) is 43.1 Å². The second-order valence-corrected chi connectivity index (χ2v) is 7.48. The number of halogens is 1. The molecule has 9 heteroatoms. The van der Waals surface area contributed by atoms with Gasteiger partial charge in [-0.05, 0) is 43.7 Å². The molecule has 1 atom stereocenters. The van der Waals surface area contributed by atoms with Gasteiger partial charge in [0, 0.05) is 60.4 Å². The largest absolute Gasteiger partial charge is 0.482 e. The number of nitrogens with one attached hydrogen (secondary N) is 4. The third-order valence-electron chi connectivity index (χ3n) is 5.27. The van der Waals surface area contributed by atoms with Crippen molar-refractivity contribution in [2.75, 3.05) is 19.3 Å². The van der Waals surface area contributed by atoms with Gasteiger partial charge in [-0.3, -0.25) is 10.8 Å². The SMILES string of the molecule is CCN/C1=C(\C(=N)C#N)C/C(=C/NC)C(=N)c2ccc(F)cc2[C@@H](C)Oc2cc1cnc2N. The number of rotatable bonds is 4. The number of benzene rings is 1. The zero-order chi connectivity index (χ0) is 24.1. The highest BCUT2D eigenvalue weighted by atomic mass is 19.1. The Balaban J connectivity index is 2.37. The van der Waals surface area contributed by atoms with E-state index in [1.54, 1.807) is 32.4 Å². The first-order valence-electron chi connectivity index (χ1n) is 10.4. The topological polar surface area (TPSA) is 144 Å². The van der Waals surface area contributed by atoms with Gasteiger partial charge in [-0.2, -0.15) is 5.26 Å². The van der Waals surface area contributed by atoms with E-state index in [-0.39, 0.29) is 29.4 Å². The lowest BCUT2D eigenvalue weighted by atomic mass is 9.89. The molecular weight excluding hydrogens is 421 g/mol. The Morgan fingerprint density at radius 2 is 2.18 bits per heavy atom. The summed E-state index contributed by atoms with van der Waals surface area (Å²) in [4.78, 5) is 4.24. The van der Waals surface area contributed by atoms with E-state index in [0.717, 1.165) is 0 Å². The summed E-state index contributed by atoms with van der Waals surface area (Å²) in [5.74, 6) is -0.0184. The number of hydrogen-bond donors (Lipinski definition) is 5. The molecule has 1 aromatic carbocycles. The van der Waals surface area contributed by atoms with Crippen molar-refractivity contribution < 1.29 is 9.13 Å². The first-order valence-corrected chi connectivity index (χ1v) is 10.4. The molecule has 170 valence electrons. The van der Waals surface area contributed by atoms with Crippen molar-refractivity contribution in [1.29, 1.82) is 16.1 Å². The zero-order valence-corrected chi connectivity index (χ0v) is 18.7. The number of nitrogens with two attached hydrogens (primary N) is 1. The molecule has 1 aromatic heterocycles. The van der Waals surface area contributed by atoms with Gasteiger partial charge in [-0.15, -0.1) is 0 Å². The molecule has 2 aromatic rings. The Hall–Kier alpha value is -4.19. The molecule has 0 fully saturated rings. The second kappa shape index (κ2) is 9.96. The highest BCUT2D eigenvalue weighted by molar-refractivity contribution is 6.17. The Morgan fingerprint density at radius 3 is 2.85 bits per heavy atom. The summed E-state index contributed by atoms with van der Waals surface area (Å²) in [5.41, 5.74) is 8.91. The van der Waals surface area contributed by atoms with Crippen molar-refractivity contribution in [3.8, 4) is 11.8 Å². The van der Waals surface area contributed by atoms with Crippen LogP contribution in [0.25, 0.3) is 5.70 Å². The average molecular weight is 448 g/mol. The number of ether oxygens (including phenoxy) is 1. The first-order chi connectivity index (χ1) is 15.8. The summed E-state index contributed by atoms with van der Waals surface area (Å²) in [5, 5.41) is 33.0. The molecule has 0 saturated heterocycles. The van der Waals surface area contributed by atoms with Gasteiger partial charge in [-0.25, -0.2) is 9.37 Å². The molecule has 3 rings (SSSR count). The molecule has 8 nitrogen and oxygen atoms in total. The van der Waals surface area contributed by atoms with E-state index in [1.807, 2.05) is 13.0 Å². The zero-order valence-electron chi connectivity index (χ0n) is 18.7. The van der Waals surface area contributed by atoms with E-state index in [1.165, 1.54) is 18.2 Å². The molecule has 2 bridgehead atoms. The van der Waals surface area contributed by atoms with Crippen molar-refractivity contribution in [3.05, 3.63) is 70.3 Å². The van der Waals surface area contributed by atoms with Gasteiger partial charge in [-0.1, -0.05) is 0 Å². The van der Waals surface area contributed by atoms with E-state index in [2.05, 4.69) is 15.6 Å². The molecule has 1 aliphatic heterocycles.